The topological polar surface area (TPSA) is 42.7 Å². The molecule has 0 aliphatic carbocycles. The molecule has 2 aromatic rings. The average molecular weight is 307 g/mol. The molecule has 1 fully saturated rings. The van der Waals surface area contributed by atoms with E-state index in [1.54, 1.807) is 6.20 Å². The second kappa shape index (κ2) is 6.32. The first-order chi connectivity index (χ1) is 10.1. The van der Waals surface area contributed by atoms with Crippen molar-refractivity contribution in [3.63, 3.8) is 0 Å². The highest BCUT2D eigenvalue weighted by molar-refractivity contribution is 6.31. The maximum atomic E-state index is 6.06. The molecule has 0 spiro atoms. The van der Waals surface area contributed by atoms with Crippen molar-refractivity contribution >= 4 is 22.8 Å². The third-order valence-corrected chi connectivity index (χ3v) is 4.33. The molecule has 1 saturated heterocycles. The van der Waals surface area contributed by atoms with Gasteiger partial charge in [-0.2, -0.15) is 0 Å². The molecule has 0 amide bonds. The van der Waals surface area contributed by atoms with E-state index in [2.05, 4.69) is 28.7 Å². The lowest BCUT2D eigenvalue weighted by Crippen LogP contribution is -2.30. The number of aromatic nitrogens is 3. The van der Waals surface area contributed by atoms with Gasteiger partial charge < -0.3 is 9.88 Å². The van der Waals surface area contributed by atoms with Crippen molar-refractivity contribution in [1.82, 2.24) is 19.9 Å². The standard InChI is InChI=1S/C16H23ClN4/c1-11(2)7-15-20-14-8-13(17)9-19-16(14)21(15)10-12-3-5-18-6-4-12/h8-9,11-12,18H,3-7,10H2,1-2H3. The first-order valence-electron chi connectivity index (χ1n) is 7.85. The van der Waals surface area contributed by atoms with Gasteiger partial charge in [0.15, 0.2) is 5.65 Å². The van der Waals surface area contributed by atoms with E-state index >= 15 is 0 Å². The number of halogens is 1. The van der Waals surface area contributed by atoms with E-state index in [0.29, 0.717) is 16.9 Å². The highest BCUT2D eigenvalue weighted by atomic mass is 35.5. The Bertz CT molecular complexity index is 614. The highest BCUT2D eigenvalue weighted by Crippen LogP contribution is 2.23. The van der Waals surface area contributed by atoms with Gasteiger partial charge in [-0.05, 0) is 43.8 Å². The molecule has 0 bridgehead atoms. The molecule has 4 nitrogen and oxygen atoms in total. The molecule has 114 valence electrons. The number of pyridine rings is 1. The van der Waals surface area contributed by atoms with Crippen molar-refractivity contribution in [2.75, 3.05) is 13.1 Å². The fourth-order valence-electron chi connectivity index (χ4n) is 3.07. The Labute approximate surface area is 130 Å². The lowest BCUT2D eigenvalue weighted by Gasteiger charge is -2.24. The van der Waals surface area contributed by atoms with Crippen molar-refractivity contribution in [3.8, 4) is 0 Å². The fraction of sp³-hybridized carbons (Fsp3) is 0.625. The third-order valence-electron chi connectivity index (χ3n) is 4.12. The van der Waals surface area contributed by atoms with E-state index in [1.807, 2.05) is 6.07 Å². The van der Waals surface area contributed by atoms with Crippen molar-refractivity contribution in [2.45, 2.75) is 39.7 Å². The largest absolute Gasteiger partial charge is 0.317 e. The lowest BCUT2D eigenvalue weighted by atomic mass is 9.98. The Balaban J connectivity index is 1.95. The Kier molecular flexibility index (Phi) is 4.45. The summed E-state index contributed by atoms with van der Waals surface area (Å²) in [5, 5.41) is 4.09. The lowest BCUT2D eigenvalue weighted by molar-refractivity contribution is 0.331. The molecule has 0 aromatic carbocycles. The summed E-state index contributed by atoms with van der Waals surface area (Å²) >= 11 is 6.06. The maximum Gasteiger partial charge on any atom is 0.160 e. The highest BCUT2D eigenvalue weighted by Gasteiger charge is 2.19. The van der Waals surface area contributed by atoms with E-state index in [4.69, 9.17) is 16.6 Å². The van der Waals surface area contributed by atoms with Crippen LogP contribution in [0.15, 0.2) is 12.3 Å². The Morgan fingerprint density at radius 3 is 2.86 bits per heavy atom. The van der Waals surface area contributed by atoms with Crippen LogP contribution in [0.5, 0.6) is 0 Å². The van der Waals surface area contributed by atoms with Crippen molar-refractivity contribution < 1.29 is 0 Å². The van der Waals surface area contributed by atoms with Crippen molar-refractivity contribution in [3.05, 3.63) is 23.1 Å². The number of hydrogen-bond donors (Lipinski definition) is 1. The van der Waals surface area contributed by atoms with E-state index in [1.165, 1.54) is 12.8 Å². The summed E-state index contributed by atoms with van der Waals surface area (Å²) in [6, 6.07) is 1.92. The molecule has 21 heavy (non-hydrogen) atoms. The van der Waals surface area contributed by atoms with Gasteiger partial charge in [-0.15, -0.1) is 0 Å². The van der Waals surface area contributed by atoms with Gasteiger partial charge in [-0.1, -0.05) is 25.4 Å². The average Bonchev–Trinajstić information content (AvgIpc) is 2.76. The van der Waals surface area contributed by atoms with Gasteiger partial charge in [-0.3, -0.25) is 0 Å². The number of piperidine rings is 1. The fourth-order valence-corrected chi connectivity index (χ4v) is 3.22. The third kappa shape index (κ3) is 3.38. The van der Waals surface area contributed by atoms with Crippen LogP contribution in [0, 0.1) is 11.8 Å². The number of rotatable bonds is 4. The number of hydrogen-bond acceptors (Lipinski definition) is 3. The van der Waals surface area contributed by atoms with Crippen LogP contribution < -0.4 is 5.32 Å². The zero-order valence-corrected chi connectivity index (χ0v) is 13.5. The zero-order chi connectivity index (χ0) is 14.8. The normalized spacial score (nSPS) is 17.0. The van der Waals surface area contributed by atoms with E-state index in [0.717, 1.165) is 43.0 Å². The number of imidazole rings is 1. The quantitative estimate of drug-likeness (QED) is 0.942. The first-order valence-corrected chi connectivity index (χ1v) is 8.22. The summed E-state index contributed by atoms with van der Waals surface area (Å²) in [6.07, 6.45) is 5.17. The van der Waals surface area contributed by atoms with Gasteiger partial charge >= 0.3 is 0 Å². The summed E-state index contributed by atoms with van der Waals surface area (Å²) in [5.74, 6) is 2.45. The molecule has 1 aliphatic heterocycles. The molecule has 3 heterocycles. The van der Waals surface area contributed by atoms with Gasteiger partial charge in [0.2, 0.25) is 0 Å². The van der Waals surface area contributed by atoms with Crippen molar-refractivity contribution in [2.24, 2.45) is 11.8 Å². The van der Waals surface area contributed by atoms with E-state index < -0.39 is 0 Å². The molecule has 0 radical (unpaired) electrons. The molecule has 1 aliphatic rings. The summed E-state index contributed by atoms with van der Waals surface area (Å²) in [6.45, 7) is 7.73. The van der Waals surface area contributed by atoms with Crippen LogP contribution in [-0.4, -0.2) is 27.6 Å². The molecule has 1 N–H and O–H groups in total. The first kappa shape index (κ1) is 14.8. The van der Waals surface area contributed by atoms with Crippen LogP contribution in [0.1, 0.15) is 32.5 Å². The van der Waals surface area contributed by atoms with Crippen LogP contribution in [0.3, 0.4) is 0 Å². The van der Waals surface area contributed by atoms with Crippen LogP contribution >= 0.6 is 11.6 Å². The van der Waals surface area contributed by atoms with Gasteiger partial charge in [0, 0.05) is 19.2 Å². The minimum absolute atomic E-state index is 0.587. The number of nitrogens with one attached hydrogen (secondary N) is 1. The second-order valence-corrected chi connectivity index (χ2v) is 6.86. The van der Waals surface area contributed by atoms with Gasteiger partial charge in [0.1, 0.15) is 11.3 Å². The van der Waals surface area contributed by atoms with Gasteiger partial charge in [-0.25, -0.2) is 9.97 Å². The molecule has 0 saturated carbocycles. The van der Waals surface area contributed by atoms with Crippen LogP contribution in [0.2, 0.25) is 5.02 Å². The molecular formula is C16H23ClN4. The predicted octanol–water partition coefficient (Wildman–Crippen LogP) is 3.28. The summed E-state index contributed by atoms with van der Waals surface area (Å²) < 4.78 is 2.32. The summed E-state index contributed by atoms with van der Waals surface area (Å²) in [5.41, 5.74) is 1.90. The van der Waals surface area contributed by atoms with E-state index in [9.17, 15) is 0 Å². The van der Waals surface area contributed by atoms with Gasteiger partial charge in [0.25, 0.3) is 0 Å². The van der Waals surface area contributed by atoms with Crippen LogP contribution in [0.4, 0.5) is 0 Å². The molecular weight excluding hydrogens is 284 g/mol. The monoisotopic (exact) mass is 306 g/mol. The molecule has 2 aromatic heterocycles. The number of nitrogens with zero attached hydrogens (tertiary/aromatic N) is 3. The number of fused-ring (bicyclic) bond motifs is 1. The Morgan fingerprint density at radius 1 is 1.38 bits per heavy atom. The summed E-state index contributed by atoms with van der Waals surface area (Å²) in [4.78, 5) is 9.31. The smallest absolute Gasteiger partial charge is 0.160 e. The minimum Gasteiger partial charge on any atom is -0.317 e. The second-order valence-electron chi connectivity index (χ2n) is 6.43. The molecule has 0 unspecified atom stereocenters. The van der Waals surface area contributed by atoms with Gasteiger partial charge in [0.05, 0.1) is 5.02 Å². The molecule has 5 heteroatoms. The minimum atomic E-state index is 0.587. The van der Waals surface area contributed by atoms with Crippen LogP contribution in [0.25, 0.3) is 11.2 Å². The zero-order valence-electron chi connectivity index (χ0n) is 12.8. The predicted molar refractivity (Wildman–Crippen MR) is 86.7 cm³/mol. The SMILES string of the molecule is CC(C)Cc1nc2cc(Cl)cnc2n1CC1CCNCC1. The Hall–Kier alpha value is -1.13. The summed E-state index contributed by atoms with van der Waals surface area (Å²) in [7, 11) is 0. The van der Waals surface area contributed by atoms with Crippen molar-refractivity contribution in [1.29, 1.82) is 0 Å². The molecule has 0 atom stereocenters. The molecule has 3 rings (SSSR count). The van der Waals surface area contributed by atoms with Crippen LogP contribution in [-0.2, 0) is 13.0 Å². The Morgan fingerprint density at radius 2 is 2.14 bits per heavy atom. The van der Waals surface area contributed by atoms with E-state index in [-0.39, 0.29) is 0 Å². The maximum absolute atomic E-state index is 6.06.